The minimum absolute atomic E-state index is 0.193. The van der Waals surface area contributed by atoms with Crippen LogP contribution in [-0.4, -0.2) is 53.0 Å². The molecule has 3 aromatic rings. The van der Waals surface area contributed by atoms with Crippen LogP contribution < -0.4 is 20.1 Å². The number of nitrogens with one attached hydrogen (secondary N) is 2. The molecule has 1 aromatic carbocycles. The minimum atomic E-state index is -4.45. The third-order valence-corrected chi connectivity index (χ3v) is 6.58. The minimum Gasteiger partial charge on any atom is -0.493 e. The van der Waals surface area contributed by atoms with Crippen LogP contribution in [0.3, 0.4) is 0 Å². The molecule has 1 fully saturated rings. The summed E-state index contributed by atoms with van der Waals surface area (Å²) in [5.41, 5.74) is 1.84. The lowest BCUT2D eigenvalue weighted by Gasteiger charge is -2.33. The zero-order chi connectivity index (χ0) is 23.9. The monoisotopic (exact) mass is 476 g/mol. The van der Waals surface area contributed by atoms with Crippen molar-refractivity contribution < 1.29 is 22.6 Å². The van der Waals surface area contributed by atoms with Crippen molar-refractivity contribution in [1.82, 2.24) is 24.9 Å². The Bertz CT molecular complexity index is 1150. The Kier molecular flexibility index (Phi) is 5.88. The van der Waals surface area contributed by atoms with E-state index >= 15 is 0 Å². The first-order valence-corrected chi connectivity index (χ1v) is 11.3. The van der Waals surface area contributed by atoms with E-state index in [1.807, 2.05) is 10.9 Å². The highest BCUT2D eigenvalue weighted by Gasteiger charge is 2.46. The molecule has 8 nitrogen and oxygen atoms in total. The van der Waals surface area contributed by atoms with Gasteiger partial charge in [0, 0.05) is 24.2 Å². The molecule has 0 amide bonds. The van der Waals surface area contributed by atoms with Crippen LogP contribution in [0, 0.1) is 0 Å². The van der Waals surface area contributed by atoms with E-state index in [9.17, 15) is 13.2 Å². The standard InChI is InChI=1S/C23H27F3N6O2/c1-33-19-4-3-14(9-20(19)34-2)17-10-21(23(24,25)26)32-22(29-17)11-18(30-32)15-12-28-31(13-15)16-5-7-27-8-6-16/h3-4,9,11-13,16-17,21,27,29H,5-8,10H2,1-2H3/t17-,21+/m0/s1. The molecule has 2 aliphatic heterocycles. The Hall–Kier alpha value is -3.21. The molecule has 1 saturated heterocycles. The fourth-order valence-electron chi connectivity index (χ4n) is 4.74. The van der Waals surface area contributed by atoms with Gasteiger partial charge in [0.2, 0.25) is 0 Å². The van der Waals surface area contributed by atoms with Crippen LogP contribution >= 0.6 is 0 Å². The van der Waals surface area contributed by atoms with E-state index in [1.54, 1.807) is 30.5 Å². The van der Waals surface area contributed by atoms with Crippen molar-refractivity contribution in [2.75, 3.05) is 32.6 Å². The maximum atomic E-state index is 14.1. The number of halogens is 3. The van der Waals surface area contributed by atoms with Gasteiger partial charge in [-0.05, 0) is 43.6 Å². The average molecular weight is 477 g/mol. The molecule has 2 N–H and O–H groups in total. The number of nitrogens with zero attached hydrogens (tertiary/aromatic N) is 4. The first kappa shape index (κ1) is 22.6. The summed E-state index contributed by atoms with van der Waals surface area (Å²) < 4.78 is 55.8. The summed E-state index contributed by atoms with van der Waals surface area (Å²) in [5, 5.41) is 15.4. The van der Waals surface area contributed by atoms with E-state index in [-0.39, 0.29) is 12.5 Å². The topological polar surface area (TPSA) is 78.2 Å². The Morgan fingerprint density at radius 3 is 2.53 bits per heavy atom. The predicted molar refractivity (Wildman–Crippen MR) is 120 cm³/mol. The number of ether oxygens (including phenoxy) is 2. The molecule has 34 heavy (non-hydrogen) atoms. The second kappa shape index (κ2) is 8.86. The number of rotatable bonds is 5. The van der Waals surface area contributed by atoms with Crippen LogP contribution in [0.1, 0.15) is 43.0 Å². The summed E-state index contributed by atoms with van der Waals surface area (Å²) in [4.78, 5) is 0. The highest BCUT2D eigenvalue weighted by molar-refractivity contribution is 5.63. The number of methoxy groups -OCH3 is 2. The first-order chi connectivity index (χ1) is 16.4. The number of alkyl halides is 3. The lowest BCUT2D eigenvalue weighted by atomic mass is 9.96. The predicted octanol–water partition coefficient (Wildman–Crippen LogP) is 4.35. The van der Waals surface area contributed by atoms with Gasteiger partial charge in [-0.15, -0.1) is 0 Å². The smallest absolute Gasteiger partial charge is 0.410 e. The molecule has 4 heterocycles. The molecule has 0 saturated carbocycles. The number of anilines is 1. The molecule has 2 aliphatic rings. The van der Waals surface area contributed by atoms with Gasteiger partial charge in [0.15, 0.2) is 17.5 Å². The molecule has 2 atom stereocenters. The van der Waals surface area contributed by atoms with Crippen molar-refractivity contribution >= 4 is 5.82 Å². The van der Waals surface area contributed by atoms with Gasteiger partial charge in [0.1, 0.15) is 5.82 Å². The van der Waals surface area contributed by atoms with Crippen molar-refractivity contribution in [3.05, 3.63) is 42.2 Å². The van der Waals surface area contributed by atoms with E-state index in [1.165, 1.54) is 14.2 Å². The summed E-state index contributed by atoms with van der Waals surface area (Å²) in [6.07, 6.45) is 0.830. The third kappa shape index (κ3) is 4.20. The van der Waals surface area contributed by atoms with Crippen molar-refractivity contribution in [1.29, 1.82) is 0 Å². The zero-order valence-electron chi connectivity index (χ0n) is 19.0. The number of hydrogen-bond acceptors (Lipinski definition) is 6. The number of aromatic nitrogens is 4. The Morgan fingerprint density at radius 1 is 1.06 bits per heavy atom. The number of piperidine rings is 1. The van der Waals surface area contributed by atoms with Gasteiger partial charge in [-0.1, -0.05) is 6.07 Å². The molecule has 0 aliphatic carbocycles. The third-order valence-electron chi connectivity index (χ3n) is 6.58. The fourth-order valence-corrected chi connectivity index (χ4v) is 4.74. The number of fused-ring (bicyclic) bond motifs is 1. The van der Waals surface area contributed by atoms with Crippen molar-refractivity contribution in [2.24, 2.45) is 0 Å². The molecular weight excluding hydrogens is 449 g/mol. The largest absolute Gasteiger partial charge is 0.493 e. The van der Waals surface area contributed by atoms with Crippen molar-refractivity contribution in [2.45, 2.75) is 43.6 Å². The van der Waals surface area contributed by atoms with Gasteiger partial charge in [-0.3, -0.25) is 4.68 Å². The van der Waals surface area contributed by atoms with Crippen LogP contribution in [0.4, 0.5) is 19.0 Å². The van der Waals surface area contributed by atoms with Crippen molar-refractivity contribution in [3.8, 4) is 22.8 Å². The van der Waals surface area contributed by atoms with Crippen LogP contribution in [0.15, 0.2) is 36.7 Å². The SMILES string of the molecule is COc1ccc([C@@H]2C[C@H](C(F)(F)F)n3nc(-c4cnn(C5CCNCC5)c4)cc3N2)cc1OC. The molecule has 0 radical (unpaired) electrons. The summed E-state index contributed by atoms with van der Waals surface area (Å²) in [7, 11) is 3.02. The van der Waals surface area contributed by atoms with E-state index in [4.69, 9.17) is 9.47 Å². The summed E-state index contributed by atoms with van der Waals surface area (Å²) in [5.74, 6) is 1.31. The molecule has 5 rings (SSSR count). The van der Waals surface area contributed by atoms with Crippen LogP contribution in [0.5, 0.6) is 11.5 Å². The number of benzene rings is 1. The Labute approximate surface area is 195 Å². The zero-order valence-corrected chi connectivity index (χ0v) is 19.0. The molecular formula is C23H27F3N6O2. The van der Waals surface area contributed by atoms with Crippen LogP contribution in [0.2, 0.25) is 0 Å². The molecule has 0 unspecified atom stereocenters. The molecule has 0 bridgehead atoms. The van der Waals surface area contributed by atoms with Gasteiger partial charge < -0.3 is 20.1 Å². The lowest BCUT2D eigenvalue weighted by molar-refractivity contribution is -0.173. The highest BCUT2D eigenvalue weighted by atomic mass is 19.4. The van der Waals surface area contributed by atoms with Gasteiger partial charge in [0.05, 0.1) is 38.2 Å². The van der Waals surface area contributed by atoms with E-state index in [0.717, 1.165) is 30.6 Å². The van der Waals surface area contributed by atoms with E-state index < -0.39 is 18.3 Å². The molecule has 0 spiro atoms. The summed E-state index contributed by atoms with van der Waals surface area (Å²) in [6, 6.07) is 4.78. The van der Waals surface area contributed by atoms with E-state index in [0.29, 0.717) is 34.1 Å². The normalized spacial score (nSPS) is 21.1. The van der Waals surface area contributed by atoms with Gasteiger partial charge in [-0.25, -0.2) is 4.68 Å². The lowest BCUT2D eigenvalue weighted by Crippen LogP contribution is -2.35. The van der Waals surface area contributed by atoms with Crippen LogP contribution in [0.25, 0.3) is 11.3 Å². The van der Waals surface area contributed by atoms with Gasteiger partial charge in [0.25, 0.3) is 0 Å². The van der Waals surface area contributed by atoms with Crippen molar-refractivity contribution in [3.63, 3.8) is 0 Å². The van der Waals surface area contributed by atoms with Gasteiger partial charge >= 0.3 is 6.18 Å². The molecule has 2 aromatic heterocycles. The second-order valence-electron chi connectivity index (χ2n) is 8.65. The fraction of sp³-hybridized carbons (Fsp3) is 0.478. The summed E-state index contributed by atoms with van der Waals surface area (Å²) >= 11 is 0. The quantitative estimate of drug-likeness (QED) is 0.570. The summed E-state index contributed by atoms with van der Waals surface area (Å²) in [6.45, 7) is 1.85. The maximum Gasteiger partial charge on any atom is 0.410 e. The highest BCUT2D eigenvalue weighted by Crippen LogP contribution is 2.45. The molecule has 11 heteroatoms. The second-order valence-corrected chi connectivity index (χ2v) is 8.65. The maximum absolute atomic E-state index is 14.1. The van der Waals surface area contributed by atoms with Gasteiger partial charge in [-0.2, -0.15) is 23.4 Å². The molecule has 182 valence electrons. The first-order valence-electron chi connectivity index (χ1n) is 11.3. The van der Waals surface area contributed by atoms with E-state index in [2.05, 4.69) is 20.8 Å². The Morgan fingerprint density at radius 2 is 1.82 bits per heavy atom. The van der Waals surface area contributed by atoms with Crippen LogP contribution in [-0.2, 0) is 0 Å². The Balaban J connectivity index is 1.46. The average Bonchev–Trinajstić information content (AvgIpc) is 3.50. The number of hydrogen-bond donors (Lipinski definition) is 2.